The number of hydrogen-bond donors (Lipinski definition) is 0. The van der Waals surface area contributed by atoms with Crippen molar-refractivity contribution in [2.75, 3.05) is 6.61 Å². The SMILES string of the molecule is N#CC[C@]1(C=O)CCC[C@@]12CCCCO2. The standard InChI is InChI=1S/C12H17NO2/c13-8-7-11(10-14)4-3-6-12(11)5-1-2-9-15-12/h10H,1-7,9H2/t11-,12-/m0/s1. The highest BCUT2D eigenvalue weighted by Gasteiger charge is 2.56. The van der Waals surface area contributed by atoms with Gasteiger partial charge in [-0.1, -0.05) is 0 Å². The Morgan fingerprint density at radius 3 is 2.67 bits per heavy atom. The molecule has 1 saturated carbocycles. The van der Waals surface area contributed by atoms with Crippen LogP contribution in [0.1, 0.15) is 44.9 Å². The fourth-order valence-electron chi connectivity index (χ4n) is 3.21. The van der Waals surface area contributed by atoms with E-state index in [2.05, 4.69) is 6.07 Å². The molecule has 0 aromatic heterocycles. The van der Waals surface area contributed by atoms with Crippen LogP contribution in [0.3, 0.4) is 0 Å². The maximum absolute atomic E-state index is 11.4. The normalized spacial score (nSPS) is 40.2. The molecule has 1 aliphatic heterocycles. The van der Waals surface area contributed by atoms with Gasteiger partial charge in [0.25, 0.3) is 0 Å². The molecule has 2 aliphatic rings. The van der Waals surface area contributed by atoms with Crippen LogP contribution in [0.4, 0.5) is 0 Å². The molecule has 0 aromatic rings. The second-order valence-corrected chi connectivity index (χ2v) is 4.76. The van der Waals surface area contributed by atoms with E-state index in [-0.39, 0.29) is 5.60 Å². The van der Waals surface area contributed by atoms with E-state index in [1.54, 1.807) is 0 Å². The summed E-state index contributed by atoms with van der Waals surface area (Å²) < 4.78 is 5.90. The Kier molecular flexibility index (Phi) is 2.79. The van der Waals surface area contributed by atoms with Gasteiger partial charge in [-0.25, -0.2) is 0 Å². The minimum absolute atomic E-state index is 0.303. The fourth-order valence-corrected chi connectivity index (χ4v) is 3.21. The number of carbonyl (C=O) groups excluding carboxylic acids is 1. The van der Waals surface area contributed by atoms with Crippen molar-refractivity contribution in [3.8, 4) is 6.07 Å². The topological polar surface area (TPSA) is 50.1 Å². The molecule has 2 rings (SSSR count). The third-order valence-electron chi connectivity index (χ3n) is 4.08. The summed E-state index contributed by atoms with van der Waals surface area (Å²) in [6.45, 7) is 0.751. The van der Waals surface area contributed by atoms with E-state index in [0.29, 0.717) is 6.42 Å². The molecule has 0 N–H and O–H groups in total. The van der Waals surface area contributed by atoms with Gasteiger partial charge in [0.05, 0.1) is 23.5 Å². The van der Waals surface area contributed by atoms with E-state index in [9.17, 15) is 4.79 Å². The van der Waals surface area contributed by atoms with E-state index in [1.165, 1.54) is 0 Å². The lowest BCUT2D eigenvalue weighted by Gasteiger charge is -2.44. The summed E-state index contributed by atoms with van der Waals surface area (Å²) >= 11 is 0. The van der Waals surface area contributed by atoms with Crippen LogP contribution in [0.25, 0.3) is 0 Å². The molecule has 1 heterocycles. The van der Waals surface area contributed by atoms with Gasteiger partial charge < -0.3 is 9.53 Å². The first kappa shape index (κ1) is 10.6. The quantitative estimate of drug-likeness (QED) is 0.652. The Morgan fingerprint density at radius 2 is 2.07 bits per heavy atom. The smallest absolute Gasteiger partial charge is 0.130 e. The summed E-state index contributed by atoms with van der Waals surface area (Å²) in [5.41, 5.74) is -0.815. The molecular formula is C12H17NO2. The van der Waals surface area contributed by atoms with Crippen molar-refractivity contribution in [1.82, 2.24) is 0 Å². The van der Waals surface area contributed by atoms with Crippen LogP contribution in [0.15, 0.2) is 0 Å². The van der Waals surface area contributed by atoms with Crippen LogP contribution < -0.4 is 0 Å². The van der Waals surface area contributed by atoms with E-state index in [0.717, 1.165) is 51.4 Å². The van der Waals surface area contributed by atoms with E-state index in [1.807, 2.05) is 0 Å². The van der Waals surface area contributed by atoms with Gasteiger partial charge >= 0.3 is 0 Å². The first-order valence-corrected chi connectivity index (χ1v) is 5.76. The maximum Gasteiger partial charge on any atom is 0.130 e. The molecule has 0 bridgehead atoms. The second-order valence-electron chi connectivity index (χ2n) is 4.76. The fraction of sp³-hybridized carbons (Fsp3) is 0.833. The lowest BCUT2D eigenvalue weighted by atomic mass is 9.70. The third kappa shape index (κ3) is 1.48. The Labute approximate surface area is 90.4 Å². The average Bonchev–Trinajstić information content (AvgIpc) is 2.60. The molecular weight excluding hydrogens is 190 g/mol. The van der Waals surface area contributed by atoms with Crippen molar-refractivity contribution in [3.63, 3.8) is 0 Å². The van der Waals surface area contributed by atoms with E-state index < -0.39 is 5.41 Å². The molecule has 0 unspecified atom stereocenters. The summed E-state index contributed by atoms with van der Waals surface area (Å²) in [4.78, 5) is 11.4. The highest BCUT2D eigenvalue weighted by Crippen LogP contribution is 2.53. The van der Waals surface area contributed by atoms with Crippen LogP contribution in [-0.2, 0) is 9.53 Å². The van der Waals surface area contributed by atoms with Crippen molar-refractivity contribution in [2.24, 2.45) is 5.41 Å². The molecule has 1 saturated heterocycles. The third-order valence-corrected chi connectivity index (χ3v) is 4.08. The zero-order valence-corrected chi connectivity index (χ0v) is 9.00. The predicted molar refractivity (Wildman–Crippen MR) is 55.1 cm³/mol. The van der Waals surface area contributed by atoms with Gasteiger partial charge in [0.2, 0.25) is 0 Å². The van der Waals surface area contributed by atoms with Gasteiger partial charge in [-0.05, 0) is 38.5 Å². The number of ether oxygens (including phenoxy) is 1. The molecule has 82 valence electrons. The molecule has 2 fully saturated rings. The van der Waals surface area contributed by atoms with Gasteiger partial charge in [0, 0.05) is 6.61 Å². The van der Waals surface area contributed by atoms with E-state index in [4.69, 9.17) is 10.00 Å². The molecule has 1 spiro atoms. The largest absolute Gasteiger partial charge is 0.374 e. The molecule has 1 aliphatic carbocycles. The summed E-state index contributed by atoms with van der Waals surface area (Å²) in [6, 6.07) is 2.16. The summed E-state index contributed by atoms with van der Waals surface area (Å²) in [5, 5.41) is 8.87. The summed E-state index contributed by atoms with van der Waals surface area (Å²) in [5.74, 6) is 0. The number of nitriles is 1. The van der Waals surface area contributed by atoms with Crippen LogP contribution in [0.5, 0.6) is 0 Å². The first-order chi connectivity index (χ1) is 7.29. The zero-order chi connectivity index (χ0) is 10.8. The summed E-state index contributed by atoms with van der Waals surface area (Å²) in [6.07, 6.45) is 7.26. The average molecular weight is 207 g/mol. The number of nitrogens with zero attached hydrogens (tertiary/aromatic N) is 1. The van der Waals surface area contributed by atoms with Crippen LogP contribution in [-0.4, -0.2) is 18.5 Å². The highest BCUT2D eigenvalue weighted by molar-refractivity contribution is 5.63. The van der Waals surface area contributed by atoms with Crippen molar-refractivity contribution in [3.05, 3.63) is 0 Å². The lowest BCUT2D eigenvalue weighted by molar-refractivity contribution is -0.154. The number of rotatable bonds is 2. The Bertz CT molecular complexity index is 288. The Balaban J connectivity index is 2.28. The molecule has 0 aromatic carbocycles. The zero-order valence-electron chi connectivity index (χ0n) is 9.00. The maximum atomic E-state index is 11.4. The number of aldehydes is 1. The Hall–Kier alpha value is -0.880. The van der Waals surface area contributed by atoms with Crippen LogP contribution in [0.2, 0.25) is 0 Å². The number of hydrogen-bond acceptors (Lipinski definition) is 3. The molecule has 2 atom stereocenters. The van der Waals surface area contributed by atoms with Crippen molar-refractivity contribution in [1.29, 1.82) is 5.26 Å². The second kappa shape index (κ2) is 3.94. The van der Waals surface area contributed by atoms with Crippen molar-refractivity contribution >= 4 is 6.29 Å². The monoisotopic (exact) mass is 207 g/mol. The number of carbonyl (C=O) groups is 1. The van der Waals surface area contributed by atoms with Gasteiger partial charge in [-0.2, -0.15) is 5.26 Å². The molecule has 15 heavy (non-hydrogen) atoms. The minimum Gasteiger partial charge on any atom is -0.374 e. The van der Waals surface area contributed by atoms with Crippen LogP contribution >= 0.6 is 0 Å². The molecule has 3 heteroatoms. The van der Waals surface area contributed by atoms with Gasteiger partial charge in [-0.3, -0.25) is 0 Å². The minimum atomic E-state index is -0.512. The predicted octanol–water partition coefficient (Wildman–Crippen LogP) is 2.21. The van der Waals surface area contributed by atoms with E-state index >= 15 is 0 Å². The lowest BCUT2D eigenvalue weighted by Crippen LogP contribution is -2.49. The van der Waals surface area contributed by atoms with Gasteiger partial charge in [0.1, 0.15) is 6.29 Å². The first-order valence-electron chi connectivity index (χ1n) is 5.76. The highest BCUT2D eigenvalue weighted by atomic mass is 16.5. The summed E-state index contributed by atoms with van der Waals surface area (Å²) in [7, 11) is 0. The van der Waals surface area contributed by atoms with Gasteiger partial charge in [0.15, 0.2) is 0 Å². The molecule has 0 radical (unpaired) electrons. The Morgan fingerprint density at radius 1 is 1.27 bits per heavy atom. The van der Waals surface area contributed by atoms with Gasteiger partial charge in [-0.15, -0.1) is 0 Å². The van der Waals surface area contributed by atoms with Crippen molar-refractivity contribution < 1.29 is 9.53 Å². The van der Waals surface area contributed by atoms with Crippen molar-refractivity contribution in [2.45, 2.75) is 50.5 Å². The molecule has 3 nitrogen and oxygen atoms in total. The molecule has 0 amide bonds. The van der Waals surface area contributed by atoms with Crippen LogP contribution in [0, 0.1) is 16.7 Å².